The van der Waals surface area contributed by atoms with Crippen molar-refractivity contribution in [2.75, 3.05) is 36.4 Å². The van der Waals surface area contributed by atoms with Gasteiger partial charge < -0.3 is 15.1 Å². The zero-order valence-corrected chi connectivity index (χ0v) is 19.1. The van der Waals surface area contributed by atoms with Crippen LogP contribution in [0.3, 0.4) is 0 Å². The first-order valence-corrected chi connectivity index (χ1v) is 11.4. The number of nitrogens with one attached hydrogen (secondary N) is 1. The Morgan fingerprint density at radius 3 is 2.38 bits per heavy atom. The molecule has 2 aromatic carbocycles. The number of rotatable bonds is 5. The number of pyridine rings is 1. The van der Waals surface area contributed by atoms with E-state index in [4.69, 9.17) is 0 Å². The van der Waals surface area contributed by atoms with E-state index in [0.717, 1.165) is 28.7 Å². The van der Waals surface area contributed by atoms with E-state index in [1.165, 1.54) is 12.5 Å². The fraction of sp³-hybridized carbons (Fsp3) is 0.240. The Balaban J connectivity index is 1.48. The van der Waals surface area contributed by atoms with Gasteiger partial charge in [0.15, 0.2) is 0 Å². The van der Waals surface area contributed by atoms with Crippen molar-refractivity contribution in [2.45, 2.75) is 23.6 Å². The van der Waals surface area contributed by atoms with Gasteiger partial charge in [-0.1, -0.05) is 35.5 Å². The van der Waals surface area contributed by atoms with Gasteiger partial charge in [0.25, 0.3) is 5.91 Å². The Bertz CT molecular complexity index is 1090. The third-order valence-corrected chi connectivity index (χ3v) is 6.41. The molecule has 6 nitrogen and oxygen atoms in total. The van der Waals surface area contributed by atoms with Crippen LogP contribution in [0.5, 0.6) is 0 Å². The maximum Gasteiger partial charge on any atom is 0.254 e. The minimum Gasteiger partial charge on any atom is -0.353 e. The van der Waals surface area contributed by atoms with Gasteiger partial charge in [0.1, 0.15) is 5.82 Å². The number of aromatic nitrogens is 1. The number of benzene rings is 2. The molecule has 32 heavy (non-hydrogen) atoms. The highest BCUT2D eigenvalue weighted by atomic mass is 32.2. The first-order valence-electron chi connectivity index (χ1n) is 10.6. The number of hydrogen-bond donors (Lipinski definition) is 1. The summed E-state index contributed by atoms with van der Waals surface area (Å²) in [6, 6.07) is 19.6. The highest BCUT2D eigenvalue weighted by Gasteiger charge is 2.23. The van der Waals surface area contributed by atoms with Crippen LogP contribution in [0, 0.1) is 6.92 Å². The summed E-state index contributed by atoms with van der Waals surface area (Å²) >= 11 is 1.57. The van der Waals surface area contributed by atoms with Crippen molar-refractivity contribution in [3.8, 4) is 0 Å². The molecule has 0 unspecified atom stereocenters. The van der Waals surface area contributed by atoms with Crippen molar-refractivity contribution >= 4 is 35.1 Å². The predicted molar refractivity (Wildman–Crippen MR) is 128 cm³/mol. The van der Waals surface area contributed by atoms with Gasteiger partial charge in [0.2, 0.25) is 5.91 Å². The summed E-state index contributed by atoms with van der Waals surface area (Å²) in [7, 11) is 0. The van der Waals surface area contributed by atoms with Gasteiger partial charge in [-0.3, -0.25) is 9.59 Å². The lowest BCUT2D eigenvalue weighted by atomic mass is 10.1. The number of carbonyl (C=O) groups is 2. The van der Waals surface area contributed by atoms with Crippen LogP contribution in [0.4, 0.5) is 11.5 Å². The molecular formula is C25H26N4O2S. The van der Waals surface area contributed by atoms with Gasteiger partial charge in [0, 0.05) is 54.7 Å². The highest BCUT2D eigenvalue weighted by Crippen LogP contribution is 2.34. The molecule has 0 spiro atoms. The number of anilines is 2. The predicted octanol–water partition coefficient (Wildman–Crippen LogP) is 4.46. The third-order valence-electron chi connectivity index (χ3n) is 5.33. The van der Waals surface area contributed by atoms with Crippen LogP contribution in [0.2, 0.25) is 0 Å². The van der Waals surface area contributed by atoms with E-state index in [-0.39, 0.29) is 11.8 Å². The Morgan fingerprint density at radius 2 is 1.72 bits per heavy atom. The van der Waals surface area contributed by atoms with E-state index in [1.807, 2.05) is 42.2 Å². The lowest BCUT2D eigenvalue weighted by Gasteiger charge is -2.35. The van der Waals surface area contributed by atoms with Crippen LogP contribution in [0.25, 0.3) is 0 Å². The van der Waals surface area contributed by atoms with Gasteiger partial charge in [-0.15, -0.1) is 0 Å². The zero-order chi connectivity index (χ0) is 22.5. The monoisotopic (exact) mass is 446 g/mol. The normalized spacial score (nSPS) is 13.7. The number of amides is 2. The van der Waals surface area contributed by atoms with E-state index in [2.05, 4.69) is 39.5 Å². The quantitative estimate of drug-likeness (QED) is 0.627. The first kappa shape index (κ1) is 21.9. The summed E-state index contributed by atoms with van der Waals surface area (Å²) < 4.78 is 0. The van der Waals surface area contributed by atoms with Crippen molar-refractivity contribution < 1.29 is 9.59 Å². The maximum atomic E-state index is 13.2. The third kappa shape index (κ3) is 5.29. The minimum atomic E-state index is -0.163. The molecule has 1 fully saturated rings. The lowest BCUT2D eigenvalue weighted by Crippen LogP contribution is -2.49. The van der Waals surface area contributed by atoms with Crippen molar-refractivity contribution in [3.63, 3.8) is 0 Å². The molecule has 0 saturated carbocycles. The lowest BCUT2D eigenvalue weighted by molar-refractivity contribution is -0.114. The van der Waals surface area contributed by atoms with Crippen LogP contribution >= 0.6 is 11.8 Å². The van der Waals surface area contributed by atoms with Crippen LogP contribution in [-0.2, 0) is 4.79 Å². The molecule has 2 heterocycles. The number of nitrogens with zero attached hydrogens (tertiary/aromatic N) is 3. The Hall–Kier alpha value is -3.32. The largest absolute Gasteiger partial charge is 0.353 e. The molecule has 1 saturated heterocycles. The maximum absolute atomic E-state index is 13.2. The molecule has 1 aliphatic rings. The first-order chi connectivity index (χ1) is 15.5. The van der Waals surface area contributed by atoms with Gasteiger partial charge in [-0.25, -0.2) is 4.98 Å². The molecule has 2 amide bonds. The molecule has 4 rings (SSSR count). The smallest absolute Gasteiger partial charge is 0.254 e. The van der Waals surface area contributed by atoms with Gasteiger partial charge in [-0.05, 0) is 49.4 Å². The van der Waals surface area contributed by atoms with E-state index in [9.17, 15) is 9.59 Å². The van der Waals surface area contributed by atoms with Crippen LogP contribution in [0.1, 0.15) is 22.8 Å². The molecule has 0 atom stereocenters. The second kappa shape index (κ2) is 9.87. The number of piperazine rings is 1. The molecule has 1 N–H and O–H groups in total. The van der Waals surface area contributed by atoms with Crippen molar-refractivity contribution in [2.24, 2.45) is 0 Å². The summed E-state index contributed by atoms with van der Waals surface area (Å²) in [5.41, 5.74) is 2.43. The SMILES string of the molecule is CC(=O)Nc1cc(C(=O)N2CCN(c3ccccn3)CC2)ccc1Sc1ccc(C)cc1. The molecule has 0 aliphatic carbocycles. The molecule has 1 aliphatic heterocycles. The second-order valence-corrected chi connectivity index (χ2v) is 8.89. The Kier molecular flexibility index (Phi) is 6.75. The average Bonchev–Trinajstić information content (AvgIpc) is 2.81. The van der Waals surface area contributed by atoms with E-state index in [1.54, 1.807) is 24.0 Å². The number of carbonyl (C=O) groups excluding carboxylic acids is 2. The van der Waals surface area contributed by atoms with Gasteiger partial charge in [-0.2, -0.15) is 0 Å². The summed E-state index contributed by atoms with van der Waals surface area (Å²) in [5.74, 6) is 0.749. The second-order valence-electron chi connectivity index (χ2n) is 7.77. The van der Waals surface area contributed by atoms with E-state index < -0.39 is 0 Å². The Morgan fingerprint density at radius 1 is 0.969 bits per heavy atom. The summed E-state index contributed by atoms with van der Waals surface area (Å²) in [6.45, 7) is 6.26. The molecule has 164 valence electrons. The van der Waals surface area contributed by atoms with E-state index in [0.29, 0.717) is 24.3 Å². The Labute approximate surface area is 192 Å². The topological polar surface area (TPSA) is 65.5 Å². The number of hydrogen-bond acceptors (Lipinski definition) is 5. The van der Waals surface area contributed by atoms with Crippen LogP contribution in [0.15, 0.2) is 76.7 Å². The minimum absolute atomic E-state index is 0.0239. The highest BCUT2D eigenvalue weighted by molar-refractivity contribution is 7.99. The zero-order valence-electron chi connectivity index (χ0n) is 18.2. The summed E-state index contributed by atoms with van der Waals surface area (Å²) in [6.07, 6.45) is 1.78. The van der Waals surface area contributed by atoms with E-state index >= 15 is 0 Å². The fourth-order valence-electron chi connectivity index (χ4n) is 3.63. The molecule has 3 aromatic rings. The summed E-state index contributed by atoms with van der Waals surface area (Å²) in [5, 5.41) is 2.88. The summed E-state index contributed by atoms with van der Waals surface area (Å²) in [4.78, 5) is 35.4. The average molecular weight is 447 g/mol. The van der Waals surface area contributed by atoms with Crippen molar-refractivity contribution in [3.05, 3.63) is 78.0 Å². The standard InChI is InChI=1S/C25H26N4O2S/c1-18-6-9-21(10-7-18)32-23-11-8-20(17-22(23)27-19(2)30)25(31)29-15-13-28(14-16-29)24-5-3-4-12-26-24/h3-12,17H,13-16H2,1-2H3,(H,27,30). The van der Waals surface area contributed by atoms with Crippen LogP contribution in [-0.4, -0.2) is 47.9 Å². The molecule has 0 radical (unpaired) electrons. The number of aryl methyl sites for hydroxylation is 1. The fourth-order valence-corrected chi connectivity index (χ4v) is 4.52. The molecule has 1 aromatic heterocycles. The molecular weight excluding hydrogens is 420 g/mol. The van der Waals surface area contributed by atoms with Crippen molar-refractivity contribution in [1.29, 1.82) is 0 Å². The van der Waals surface area contributed by atoms with Gasteiger partial charge in [0.05, 0.1) is 5.69 Å². The molecule has 7 heteroatoms. The molecule has 0 bridgehead atoms. The van der Waals surface area contributed by atoms with Gasteiger partial charge >= 0.3 is 0 Å². The van der Waals surface area contributed by atoms with Crippen molar-refractivity contribution in [1.82, 2.24) is 9.88 Å². The van der Waals surface area contributed by atoms with Crippen LogP contribution < -0.4 is 10.2 Å².